The molecule has 102 valence electrons. The van der Waals surface area contributed by atoms with Gasteiger partial charge in [-0.1, -0.05) is 51.1 Å². The maximum atomic E-state index is 9.06. The van der Waals surface area contributed by atoms with E-state index in [1.807, 2.05) is 24.3 Å². The van der Waals surface area contributed by atoms with E-state index in [1.165, 1.54) is 5.56 Å². The van der Waals surface area contributed by atoms with E-state index in [1.54, 1.807) is 0 Å². The van der Waals surface area contributed by atoms with Gasteiger partial charge in [-0.2, -0.15) is 5.26 Å². The quantitative estimate of drug-likeness (QED) is 0.888. The number of hydrogen-bond acceptors (Lipinski definition) is 2. The molecule has 0 heterocycles. The third-order valence-electron chi connectivity index (χ3n) is 3.37. The number of nitrogens with zero attached hydrogens (tertiary/aromatic N) is 1. The summed E-state index contributed by atoms with van der Waals surface area (Å²) < 4.78 is 0. The highest BCUT2D eigenvalue weighted by Gasteiger charge is 2.12. The topological polar surface area (TPSA) is 35.8 Å². The van der Waals surface area contributed by atoms with Crippen molar-refractivity contribution in [3.05, 3.63) is 65.2 Å². The van der Waals surface area contributed by atoms with Crippen molar-refractivity contribution in [3.63, 3.8) is 0 Å². The van der Waals surface area contributed by atoms with Gasteiger partial charge in [0.1, 0.15) is 0 Å². The van der Waals surface area contributed by atoms with Gasteiger partial charge in [0.15, 0.2) is 0 Å². The number of rotatable bonds is 3. The first kappa shape index (κ1) is 14.1. The van der Waals surface area contributed by atoms with E-state index in [9.17, 15) is 0 Å². The first-order chi connectivity index (χ1) is 9.50. The molecule has 0 saturated heterocycles. The molecule has 0 aliphatic heterocycles. The van der Waals surface area contributed by atoms with Crippen molar-refractivity contribution in [2.45, 2.75) is 32.7 Å². The number of benzene rings is 2. The van der Waals surface area contributed by atoms with Crippen LogP contribution in [0.1, 0.15) is 37.5 Å². The second kappa shape index (κ2) is 5.79. The monoisotopic (exact) mass is 264 g/mol. The molecule has 0 spiro atoms. The Hall–Kier alpha value is -2.27. The van der Waals surface area contributed by atoms with Crippen molar-refractivity contribution in [3.8, 4) is 6.07 Å². The van der Waals surface area contributed by atoms with E-state index in [4.69, 9.17) is 5.26 Å². The van der Waals surface area contributed by atoms with Gasteiger partial charge in [-0.15, -0.1) is 0 Å². The van der Waals surface area contributed by atoms with Crippen LogP contribution >= 0.6 is 0 Å². The summed E-state index contributed by atoms with van der Waals surface area (Å²) >= 11 is 0. The normalized spacial score (nSPS) is 10.9. The largest absolute Gasteiger partial charge is 0.381 e. The molecule has 2 aromatic rings. The van der Waals surface area contributed by atoms with E-state index in [0.717, 1.165) is 16.8 Å². The van der Waals surface area contributed by atoms with Crippen LogP contribution < -0.4 is 5.32 Å². The molecule has 20 heavy (non-hydrogen) atoms. The van der Waals surface area contributed by atoms with E-state index in [0.29, 0.717) is 6.54 Å². The molecule has 1 N–H and O–H groups in total. The van der Waals surface area contributed by atoms with Gasteiger partial charge < -0.3 is 5.32 Å². The summed E-state index contributed by atoms with van der Waals surface area (Å²) in [5.41, 5.74) is 4.32. The Morgan fingerprint density at radius 2 is 1.65 bits per heavy atom. The minimum Gasteiger partial charge on any atom is -0.381 e. The molecule has 2 heteroatoms. The molecule has 0 unspecified atom stereocenters. The zero-order valence-corrected chi connectivity index (χ0v) is 12.3. The Kier molecular flexibility index (Phi) is 4.10. The Bertz CT molecular complexity index is 613. The highest BCUT2D eigenvalue weighted by atomic mass is 14.9. The minimum atomic E-state index is 0.173. The van der Waals surface area contributed by atoms with E-state index < -0.39 is 0 Å². The predicted octanol–water partition coefficient (Wildman–Crippen LogP) is 4.47. The molecule has 0 fully saturated rings. The van der Waals surface area contributed by atoms with Crippen molar-refractivity contribution in [2.75, 3.05) is 5.32 Å². The lowest BCUT2D eigenvalue weighted by molar-refractivity contribution is 0.590. The maximum Gasteiger partial charge on any atom is 0.0995 e. The van der Waals surface area contributed by atoms with E-state index in [2.05, 4.69) is 56.4 Å². The van der Waals surface area contributed by atoms with E-state index >= 15 is 0 Å². The van der Waals surface area contributed by atoms with Gasteiger partial charge in [0.05, 0.1) is 11.6 Å². The lowest BCUT2D eigenvalue weighted by Gasteiger charge is -2.19. The van der Waals surface area contributed by atoms with Crippen molar-refractivity contribution in [2.24, 2.45) is 0 Å². The van der Waals surface area contributed by atoms with Crippen LogP contribution in [0.2, 0.25) is 0 Å². The number of nitrogens with one attached hydrogen (secondary N) is 1. The summed E-state index contributed by atoms with van der Waals surface area (Å²) in [7, 11) is 0. The SMILES string of the molecule is CC(C)(C)c1ccc(NCc2ccccc2C#N)cc1. The lowest BCUT2D eigenvalue weighted by Crippen LogP contribution is -2.10. The van der Waals surface area contributed by atoms with Crippen molar-refractivity contribution in [1.82, 2.24) is 0 Å². The Morgan fingerprint density at radius 1 is 1.00 bits per heavy atom. The number of anilines is 1. The van der Waals surface area contributed by atoms with Gasteiger partial charge in [0, 0.05) is 12.2 Å². The van der Waals surface area contributed by atoms with Gasteiger partial charge >= 0.3 is 0 Å². The van der Waals surface area contributed by atoms with Crippen LogP contribution in [0.4, 0.5) is 5.69 Å². The van der Waals surface area contributed by atoms with Gasteiger partial charge in [-0.05, 0) is 34.7 Å². The number of hydrogen-bond donors (Lipinski definition) is 1. The van der Waals surface area contributed by atoms with Crippen LogP contribution in [0.5, 0.6) is 0 Å². The molecule has 0 aliphatic rings. The second-order valence-electron chi connectivity index (χ2n) is 5.95. The molecular weight excluding hydrogens is 244 g/mol. The van der Waals surface area contributed by atoms with Crippen molar-refractivity contribution >= 4 is 5.69 Å². The molecular formula is C18H20N2. The van der Waals surface area contributed by atoms with Gasteiger partial charge in [-0.3, -0.25) is 0 Å². The minimum absolute atomic E-state index is 0.173. The van der Waals surface area contributed by atoms with Gasteiger partial charge in [-0.25, -0.2) is 0 Å². The highest BCUT2D eigenvalue weighted by molar-refractivity contribution is 5.47. The Morgan fingerprint density at radius 3 is 2.25 bits per heavy atom. The van der Waals surface area contributed by atoms with Crippen molar-refractivity contribution in [1.29, 1.82) is 5.26 Å². The first-order valence-corrected chi connectivity index (χ1v) is 6.83. The fourth-order valence-corrected chi connectivity index (χ4v) is 2.07. The average Bonchev–Trinajstić information content (AvgIpc) is 2.45. The number of nitriles is 1. The van der Waals surface area contributed by atoms with Gasteiger partial charge in [0.2, 0.25) is 0 Å². The smallest absolute Gasteiger partial charge is 0.0995 e. The molecule has 0 saturated carbocycles. The molecule has 0 bridgehead atoms. The fourth-order valence-electron chi connectivity index (χ4n) is 2.07. The second-order valence-corrected chi connectivity index (χ2v) is 5.95. The molecule has 0 aliphatic carbocycles. The predicted molar refractivity (Wildman–Crippen MR) is 83.6 cm³/mol. The van der Waals surface area contributed by atoms with Crippen LogP contribution in [0, 0.1) is 11.3 Å². The van der Waals surface area contributed by atoms with Crippen LogP contribution in [0.15, 0.2) is 48.5 Å². The lowest BCUT2D eigenvalue weighted by atomic mass is 9.87. The van der Waals surface area contributed by atoms with Gasteiger partial charge in [0.25, 0.3) is 0 Å². The third kappa shape index (κ3) is 3.39. The molecule has 2 rings (SSSR count). The standard InChI is InChI=1S/C18H20N2/c1-18(2,3)16-8-10-17(11-9-16)20-13-15-7-5-4-6-14(15)12-19/h4-11,20H,13H2,1-3H3. The molecule has 0 aromatic heterocycles. The summed E-state index contributed by atoms with van der Waals surface area (Å²) in [5.74, 6) is 0. The van der Waals surface area contributed by atoms with Crippen LogP contribution in [0.3, 0.4) is 0 Å². The molecule has 2 aromatic carbocycles. The van der Waals surface area contributed by atoms with Crippen LogP contribution in [-0.4, -0.2) is 0 Å². The summed E-state index contributed by atoms with van der Waals surface area (Å²) in [4.78, 5) is 0. The molecule has 0 atom stereocenters. The zero-order chi connectivity index (χ0) is 14.6. The summed E-state index contributed by atoms with van der Waals surface area (Å²) in [6, 6.07) is 18.4. The Labute approximate surface area is 121 Å². The molecule has 0 radical (unpaired) electrons. The zero-order valence-electron chi connectivity index (χ0n) is 12.3. The summed E-state index contributed by atoms with van der Waals surface area (Å²) in [6.07, 6.45) is 0. The summed E-state index contributed by atoms with van der Waals surface area (Å²) in [6.45, 7) is 7.29. The molecule has 2 nitrogen and oxygen atoms in total. The van der Waals surface area contributed by atoms with Crippen LogP contribution in [-0.2, 0) is 12.0 Å². The van der Waals surface area contributed by atoms with Crippen molar-refractivity contribution < 1.29 is 0 Å². The first-order valence-electron chi connectivity index (χ1n) is 6.83. The highest BCUT2D eigenvalue weighted by Crippen LogP contribution is 2.23. The van der Waals surface area contributed by atoms with Crippen LogP contribution in [0.25, 0.3) is 0 Å². The average molecular weight is 264 g/mol. The Balaban J connectivity index is 2.07. The third-order valence-corrected chi connectivity index (χ3v) is 3.37. The van der Waals surface area contributed by atoms with E-state index in [-0.39, 0.29) is 5.41 Å². The summed E-state index contributed by atoms with van der Waals surface area (Å²) in [5, 5.41) is 12.4. The maximum absolute atomic E-state index is 9.06. The fraction of sp³-hybridized carbons (Fsp3) is 0.278. The molecule has 0 amide bonds.